The molecule has 0 radical (unpaired) electrons. The van der Waals surface area contributed by atoms with E-state index in [-0.39, 0.29) is 5.91 Å². The largest absolute Gasteiger partial charge is 0.358 e. The van der Waals surface area contributed by atoms with Crippen molar-refractivity contribution >= 4 is 40.0 Å². The summed E-state index contributed by atoms with van der Waals surface area (Å²) in [6.07, 6.45) is 3.80. The Morgan fingerprint density at radius 3 is 2.68 bits per heavy atom. The number of carbonyl (C=O) groups is 2. The summed E-state index contributed by atoms with van der Waals surface area (Å²) in [5.74, 6) is -0.269. The molecule has 2 amide bonds. The van der Waals surface area contributed by atoms with Crippen molar-refractivity contribution < 1.29 is 9.59 Å². The predicted octanol–water partition coefficient (Wildman–Crippen LogP) is 1.35. The topological polar surface area (TPSA) is 96.0 Å². The molecule has 0 atom stereocenters. The summed E-state index contributed by atoms with van der Waals surface area (Å²) in [7, 11) is 0. The summed E-state index contributed by atoms with van der Waals surface area (Å²) in [6, 6.07) is 9.53. The van der Waals surface area contributed by atoms with Gasteiger partial charge < -0.3 is 10.6 Å². The van der Waals surface area contributed by atoms with E-state index < -0.39 is 0 Å². The Morgan fingerprint density at radius 2 is 1.91 bits per heavy atom. The Bertz CT molecular complexity index is 642. The van der Waals surface area contributed by atoms with Gasteiger partial charge >= 0.3 is 0 Å². The van der Waals surface area contributed by atoms with Gasteiger partial charge in [-0.3, -0.25) is 14.9 Å². The van der Waals surface area contributed by atoms with Crippen LogP contribution >= 0.6 is 11.3 Å². The Kier molecular flexibility index (Phi) is 6.06. The van der Waals surface area contributed by atoms with Crippen molar-refractivity contribution in [2.45, 2.75) is 0 Å². The number of amides is 2. The van der Waals surface area contributed by atoms with Crippen molar-refractivity contribution in [3.05, 3.63) is 42.0 Å². The van der Waals surface area contributed by atoms with E-state index in [0.717, 1.165) is 5.56 Å². The second-order valence-electron chi connectivity index (χ2n) is 4.14. The van der Waals surface area contributed by atoms with Gasteiger partial charge in [0.25, 0.3) is 0 Å². The van der Waals surface area contributed by atoms with Crippen molar-refractivity contribution in [2.75, 3.05) is 23.7 Å². The van der Waals surface area contributed by atoms with E-state index in [1.807, 2.05) is 30.3 Å². The first kappa shape index (κ1) is 15.6. The van der Waals surface area contributed by atoms with Gasteiger partial charge in [0.15, 0.2) is 0 Å². The minimum absolute atomic E-state index is 0.269. The molecule has 1 heterocycles. The highest BCUT2D eigenvalue weighted by Gasteiger charge is 2.05. The van der Waals surface area contributed by atoms with E-state index in [4.69, 9.17) is 0 Å². The molecule has 22 heavy (non-hydrogen) atoms. The molecule has 0 saturated carbocycles. The molecule has 2 aromatic rings. The molecule has 1 aromatic carbocycles. The molecule has 114 valence electrons. The average molecular weight is 317 g/mol. The zero-order valence-corrected chi connectivity index (χ0v) is 12.5. The standard InChI is InChI=1S/C14H15N5O2S/c20-10-15-8-9-16-13-18-19-14(22-13)17-12(21)7-6-11-4-2-1-3-5-11/h1-7,10H,8-9H2,(H,15,20)(H,16,18)(H,17,19,21)/b7-6+. The van der Waals surface area contributed by atoms with Gasteiger partial charge in [-0.15, -0.1) is 10.2 Å². The van der Waals surface area contributed by atoms with E-state index in [0.29, 0.717) is 29.8 Å². The first-order valence-electron chi connectivity index (χ1n) is 6.56. The highest BCUT2D eigenvalue weighted by molar-refractivity contribution is 7.19. The number of aromatic nitrogens is 2. The Morgan fingerprint density at radius 1 is 1.14 bits per heavy atom. The molecule has 0 fully saturated rings. The molecule has 2 rings (SSSR count). The Balaban J connectivity index is 1.80. The van der Waals surface area contributed by atoms with E-state index in [1.165, 1.54) is 17.4 Å². The van der Waals surface area contributed by atoms with Gasteiger partial charge in [0.1, 0.15) is 0 Å². The zero-order chi connectivity index (χ0) is 15.6. The molecule has 0 bridgehead atoms. The number of hydrogen-bond acceptors (Lipinski definition) is 6. The van der Waals surface area contributed by atoms with Crippen molar-refractivity contribution in [3.8, 4) is 0 Å². The first-order chi connectivity index (χ1) is 10.8. The number of hydrogen-bond donors (Lipinski definition) is 3. The summed E-state index contributed by atoms with van der Waals surface area (Å²) < 4.78 is 0. The van der Waals surface area contributed by atoms with Gasteiger partial charge in [-0.1, -0.05) is 41.7 Å². The maximum absolute atomic E-state index is 11.8. The van der Waals surface area contributed by atoms with Crippen molar-refractivity contribution in [3.63, 3.8) is 0 Å². The van der Waals surface area contributed by atoms with Crippen LogP contribution < -0.4 is 16.0 Å². The van der Waals surface area contributed by atoms with Crippen LogP contribution in [-0.2, 0) is 9.59 Å². The van der Waals surface area contributed by atoms with Crippen LogP contribution in [0.3, 0.4) is 0 Å². The number of nitrogens with zero attached hydrogens (tertiary/aromatic N) is 2. The normalized spacial score (nSPS) is 10.4. The Labute approximate surface area is 131 Å². The third kappa shape index (κ3) is 5.33. The summed E-state index contributed by atoms with van der Waals surface area (Å²) in [5, 5.41) is 16.9. The number of benzene rings is 1. The van der Waals surface area contributed by atoms with E-state index in [1.54, 1.807) is 6.08 Å². The number of nitrogens with one attached hydrogen (secondary N) is 3. The van der Waals surface area contributed by atoms with Crippen LogP contribution in [0.2, 0.25) is 0 Å². The number of carbonyl (C=O) groups excluding carboxylic acids is 2. The second kappa shape index (κ2) is 8.53. The van der Waals surface area contributed by atoms with E-state index in [9.17, 15) is 9.59 Å². The van der Waals surface area contributed by atoms with Crippen LogP contribution in [0, 0.1) is 0 Å². The lowest BCUT2D eigenvalue weighted by molar-refractivity contribution is -0.112. The molecular weight excluding hydrogens is 302 g/mol. The van der Waals surface area contributed by atoms with Crippen molar-refractivity contribution in [1.82, 2.24) is 15.5 Å². The molecule has 3 N–H and O–H groups in total. The van der Waals surface area contributed by atoms with Gasteiger partial charge in [0, 0.05) is 19.2 Å². The maximum Gasteiger partial charge on any atom is 0.250 e. The van der Waals surface area contributed by atoms with Crippen LogP contribution in [0.5, 0.6) is 0 Å². The fourth-order valence-electron chi connectivity index (χ4n) is 1.53. The minimum Gasteiger partial charge on any atom is -0.358 e. The summed E-state index contributed by atoms with van der Waals surface area (Å²) in [5.41, 5.74) is 0.944. The Hall–Kier alpha value is -2.74. The van der Waals surface area contributed by atoms with Crippen molar-refractivity contribution in [1.29, 1.82) is 0 Å². The highest BCUT2D eigenvalue weighted by Crippen LogP contribution is 2.19. The van der Waals surface area contributed by atoms with Gasteiger partial charge in [0.05, 0.1) is 0 Å². The predicted molar refractivity (Wildman–Crippen MR) is 86.6 cm³/mol. The maximum atomic E-state index is 11.8. The molecule has 0 spiro atoms. The summed E-state index contributed by atoms with van der Waals surface area (Å²) in [4.78, 5) is 21.9. The quantitative estimate of drug-likeness (QED) is 0.388. The lowest BCUT2D eigenvalue weighted by Crippen LogP contribution is -2.20. The summed E-state index contributed by atoms with van der Waals surface area (Å²) in [6.45, 7) is 1.03. The molecule has 1 aromatic heterocycles. The lowest BCUT2D eigenvalue weighted by Gasteiger charge is -1.99. The lowest BCUT2D eigenvalue weighted by atomic mass is 10.2. The van der Waals surface area contributed by atoms with Gasteiger partial charge in [-0.05, 0) is 11.6 Å². The minimum atomic E-state index is -0.269. The molecule has 7 nitrogen and oxygen atoms in total. The monoisotopic (exact) mass is 317 g/mol. The third-order valence-electron chi connectivity index (χ3n) is 2.51. The molecule has 0 unspecified atom stereocenters. The van der Waals surface area contributed by atoms with E-state index in [2.05, 4.69) is 26.1 Å². The fraction of sp³-hybridized carbons (Fsp3) is 0.143. The van der Waals surface area contributed by atoms with Crippen molar-refractivity contribution in [2.24, 2.45) is 0 Å². The molecule has 0 aliphatic carbocycles. The average Bonchev–Trinajstić information content (AvgIpc) is 2.98. The van der Waals surface area contributed by atoms with Gasteiger partial charge in [0.2, 0.25) is 22.6 Å². The molecular formula is C14H15N5O2S. The SMILES string of the molecule is O=CNCCNc1nnc(NC(=O)/C=C/c2ccccc2)s1. The first-order valence-corrected chi connectivity index (χ1v) is 7.38. The van der Waals surface area contributed by atoms with Crippen LogP contribution in [0.25, 0.3) is 6.08 Å². The molecule has 0 aliphatic rings. The fourth-order valence-corrected chi connectivity index (χ4v) is 2.20. The third-order valence-corrected chi connectivity index (χ3v) is 3.31. The van der Waals surface area contributed by atoms with Crippen LogP contribution in [0.4, 0.5) is 10.3 Å². The van der Waals surface area contributed by atoms with Gasteiger partial charge in [-0.2, -0.15) is 0 Å². The molecule has 8 heteroatoms. The smallest absolute Gasteiger partial charge is 0.250 e. The highest BCUT2D eigenvalue weighted by atomic mass is 32.1. The van der Waals surface area contributed by atoms with Crippen LogP contribution in [0.1, 0.15) is 5.56 Å². The second-order valence-corrected chi connectivity index (χ2v) is 5.12. The van der Waals surface area contributed by atoms with E-state index >= 15 is 0 Å². The molecule has 0 saturated heterocycles. The van der Waals surface area contributed by atoms with Crippen LogP contribution in [-0.4, -0.2) is 35.6 Å². The molecule has 0 aliphatic heterocycles. The summed E-state index contributed by atoms with van der Waals surface area (Å²) >= 11 is 1.23. The number of anilines is 2. The zero-order valence-electron chi connectivity index (χ0n) is 11.7. The van der Waals surface area contributed by atoms with Crippen LogP contribution in [0.15, 0.2) is 36.4 Å². The van der Waals surface area contributed by atoms with Gasteiger partial charge in [-0.25, -0.2) is 0 Å². The number of rotatable bonds is 8.